The molecule has 1 aromatic carbocycles. The number of aliphatic hydroxyl groups is 1. The Kier molecular flexibility index (Phi) is 8.63. The number of hydroxylamine groups is 1. The van der Waals surface area contributed by atoms with Crippen molar-refractivity contribution in [1.82, 2.24) is 10.8 Å². The quantitative estimate of drug-likeness (QED) is 0.201. The molecule has 5 N–H and O–H groups in total. The molecule has 0 radical (unpaired) electrons. The van der Waals surface area contributed by atoms with E-state index in [0.717, 1.165) is 3.57 Å². The molecule has 8 nitrogen and oxygen atoms in total. The van der Waals surface area contributed by atoms with Crippen molar-refractivity contribution in [3.63, 3.8) is 0 Å². The van der Waals surface area contributed by atoms with Crippen molar-refractivity contribution in [2.75, 3.05) is 0 Å². The van der Waals surface area contributed by atoms with Crippen molar-refractivity contribution >= 4 is 40.4 Å². The first-order chi connectivity index (χ1) is 12.5. The monoisotopic (exact) mass is 492 g/mol. The lowest BCUT2D eigenvalue weighted by molar-refractivity contribution is -0.160. The lowest BCUT2D eigenvalue weighted by Crippen LogP contribution is -2.59. The predicted molar refractivity (Wildman–Crippen MR) is 106 cm³/mol. The highest BCUT2D eigenvalue weighted by molar-refractivity contribution is 14.1. The molecule has 0 aliphatic heterocycles. The molecule has 0 aliphatic carbocycles. The first kappa shape index (κ1) is 23.3. The fourth-order valence-corrected chi connectivity index (χ4v) is 3.10. The molecule has 0 bridgehead atoms. The maximum Gasteiger partial charge on any atom is 0.326 e. The molecular weight excluding hydrogens is 467 g/mol. The second kappa shape index (κ2) is 10.00. The van der Waals surface area contributed by atoms with Crippen LogP contribution < -0.4 is 10.8 Å². The summed E-state index contributed by atoms with van der Waals surface area (Å²) in [5.74, 6) is -4.59. The molecule has 2 amide bonds. The van der Waals surface area contributed by atoms with Crippen LogP contribution in [0, 0.1) is 15.4 Å². The smallest absolute Gasteiger partial charge is 0.326 e. The highest BCUT2D eigenvalue weighted by atomic mass is 127. The highest BCUT2D eigenvalue weighted by Gasteiger charge is 2.46. The topological polar surface area (TPSA) is 136 Å². The van der Waals surface area contributed by atoms with E-state index in [1.165, 1.54) is 12.4 Å². The Labute approximate surface area is 171 Å². The summed E-state index contributed by atoms with van der Waals surface area (Å²) in [6.07, 6.45) is -0.0559. The number of carboxylic acid groups (broad SMARTS) is 1. The second-order valence-corrected chi connectivity index (χ2v) is 8.16. The first-order valence-electron chi connectivity index (χ1n) is 8.45. The summed E-state index contributed by atoms with van der Waals surface area (Å²) in [6.45, 7) is 4.80. The van der Waals surface area contributed by atoms with Crippen LogP contribution in [0.5, 0.6) is 0 Å². The summed E-state index contributed by atoms with van der Waals surface area (Å²) in [7, 11) is 0. The van der Waals surface area contributed by atoms with Crippen molar-refractivity contribution in [2.24, 2.45) is 11.8 Å². The van der Waals surface area contributed by atoms with Gasteiger partial charge in [0.05, 0.1) is 5.92 Å². The fourth-order valence-electron chi connectivity index (χ4n) is 2.74. The average Bonchev–Trinajstić information content (AvgIpc) is 2.60. The fraction of sp³-hybridized carbons (Fsp3) is 0.500. The average molecular weight is 492 g/mol. The van der Waals surface area contributed by atoms with Gasteiger partial charge in [0, 0.05) is 9.99 Å². The van der Waals surface area contributed by atoms with E-state index in [0.29, 0.717) is 5.56 Å². The van der Waals surface area contributed by atoms with Crippen LogP contribution in [0.4, 0.5) is 0 Å². The molecule has 1 aromatic rings. The number of amides is 2. The third-order valence-electron chi connectivity index (χ3n) is 4.29. The van der Waals surface area contributed by atoms with Crippen molar-refractivity contribution < 1.29 is 29.8 Å². The first-order valence-corrected chi connectivity index (χ1v) is 9.53. The van der Waals surface area contributed by atoms with E-state index in [-0.39, 0.29) is 18.8 Å². The lowest BCUT2D eigenvalue weighted by atomic mass is 9.80. The molecule has 9 heteroatoms. The Hall–Kier alpha value is -1.72. The van der Waals surface area contributed by atoms with Crippen LogP contribution in [-0.4, -0.2) is 44.8 Å². The summed E-state index contributed by atoms with van der Waals surface area (Å²) in [5, 5.41) is 31.5. The maximum atomic E-state index is 12.7. The molecule has 0 spiro atoms. The van der Waals surface area contributed by atoms with Crippen LogP contribution in [0.3, 0.4) is 0 Å². The van der Waals surface area contributed by atoms with Gasteiger partial charge in [0.2, 0.25) is 5.91 Å². The SMILES string of the molecule is CC(C)C[C@@](O)(C(=O)N[C@@H](Cc1ccc(I)cc1)C(=O)O)C(C)C(=O)NO. The van der Waals surface area contributed by atoms with E-state index >= 15 is 0 Å². The van der Waals surface area contributed by atoms with Crippen LogP contribution >= 0.6 is 22.6 Å². The van der Waals surface area contributed by atoms with E-state index in [1.54, 1.807) is 26.0 Å². The molecule has 0 heterocycles. The summed E-state index contributed by atoms with van der Waals surface area (Å²) in [5.41, 5.74) is -0.0369. The Morgan fingerprint density at radius 2 is 1.70 bits per heavy atom. The van der Waals surface area contributed by atoms with E-state index in [9.17, 15) is 24.6 Å². The normalized spacial score (nSPS) is 15.5. The molecule has 1 rings (SSSR count). The number of hydrogen-bond donors (Lipinski definition) is 5. The van der Waals surface area contributed by atoms with Gasteiger partial charge >= 0.3 is 5.97 Å². The minimum absolute atomic E-state index is 0.0241. The zero-order chi connectivity index (χ0) is 20.8. The minimum atomic E-state index is -2.17. The number of halogens is 1. The maximum absolute atomic E-state index is 12.7. The summed E-state index contributed by atoms with van der Waals surface area (Å²) in [6, 6.07) is 5.87. The summed E-state index contributed by atoms with van der Waals surface area (Å²) < 4.78 is 0.988. The number of nitrogens with one attached hydrogen (secondary N) is 2. The molecule has 0 aromatic heterocycles. The Morgan fingerprint density at radius 3 is 2.15 bits per heavy atom. The molecule has 0 aliphatic rings. The van der Waals surface area contributed by atoms with Gasteiger partial charge in [-0.15, -0.1) is 0 Å². The minimum Gasteiger partial charge on any atom is -0.480 e. The number of carbonyl (C=O) groups excluding carboxylic acids is 2. The van der Waals surface area contributed by atoms with Gasteiger partial charge in [-0.3, -0.25) is 14.8 Å². The third kappa shape index (κ3) is 6.43. The van der Waals surface area contributed by atoms with Crippen molar-refractivity contribution in [2.45, 2.75) is 45.3 Å². The molecule has 0 saturated carbocycles. The highest BCUT2D eigenvalue weighted by Crippen LogP contribution is 2.27. The zero-order valence-electron chi connectivity index (χ0n) is 15.4. The summed E-state index contributed by atoms with van der Waals surface area (Å²) in [4.78, 5) is 36.1. The Bertz CT molecular complexity index is 679. The van der Waals surface area contributed by atoms with Gasteiger partial charge in [-0.2, -0.15) is 0 Å². The third-order valence-corrected chi connectivity index (χ3v) is 5.01. The summed E-state index contributed by atoms with van der Waals surface area (Å²) >= 11 is 2.12. The number of aliphatic carboxylic acids is 1. The largest absolute Gasteiger partial charge is 0.480 e. The Morgan fingerprint density at radius 1 is 1.15 bits per heavy atom. The van der Waals surface area contributed by atoms with Crippen molar-refractivity contribution in [3.8, 4) is 0 Å². The van der Waals surface area contributed by atoms with Crippen LogP contribution in [0.2, 0.25) is 0 Å². The molecule has 1 unspecified atom stereocenters. The second-order valence-electron chi connectivity index (χ2n) is 6.91. The van der Waals surface area contributed by atoms with Gasteiger partial charge in [-0.05, 0) is 52.6 Å². The number of benzene rings is 1. The van der Waals surface area contributed by atoms with E-state index in [4.69, 9.17) is 5.21 Å². The van der Waals surface area contributed by atoms with E-state index in [1.807, 2.05) is 12.1 Å². The van der Waals surface area contributed by atoms with Gasteiger partial charge in [0.25, 0.3) is 5.91 Å². The van der Waals surface area contributed by atoms with Crippen LogP contribution in [-0.2, 0) is 20.8 Å². The van der Waals surface area contributed by atoms with Crippen LogP contribution in [0.25, 0.3) is 0 Å². The molecule has 0 saturated heterocycles. The zero-order valence-corrected chi connectivity index (χ0v) is 17.6. The number of rotatable bonds is 9. The van der Waals surface area contributed by atoms with E-state index < -0.39 is 35.3 Å². The van der Waals surface area contributed by atoms with E-state index in [2.05, 4.69) is 27.9 Å². The number of carboxylic acids is 1. The molecule has 27 heavy (non-hydrogen) atoms. The molecule has 150 valence electrons. The number of hydrogen-bond acceptors (Lipinski definition) is 5. The number of carbonyl (C=O) groups is 3. The molecule has 3 atom stereocenters. The molecule has 0 fully saturated rings. The van der Waals surface area contributed by atoms with Gasteiger partial charge < -0.3 is 15.5 Å². The van der Waals surface area contributed by atoms with Crippen molar-refractivity contribution in [3.05, 3.63) is 33.4 Å². The molecular formula is C18H25IN2O6. The van der Waals surface area contributed by atoms with Crippen LogP contribution in [0.15, 0.2) is 24.3 Å². The predicted octanol–water partition coefficient (Wildman–Crippen LogP) is 1.32. The Balaban J connectivity index is 3.05. The van der Waals surface area contributed by atoms with Gasteiger partial charge in [-0.25, -0.2) is 10.3 Å². The van der Waals surface area contributed by atoms with Gasteiger partial charge in [-0.1, -0.05) is 32.9 Å². The van der Waals surface area contributed by atoms with Crippen molar-refractivity contribution in [1.29, 1.82) is 0 Å². The standard InChI is InChI=1S/C18H25IN2O6/c1-10(2)9-18(26,11(3)15(22)21-27)17(25)20-14(16(23)24)8-12-4-6-13(19)7-5-12/h4-7,10-11,14,26-27H,8-9H2,1-3H3,(H,20,25)(H,21,22)(H,23,24)/t11?,14-,18-/m0/s1. The van der Waals surface area contributed by atoms with Gasteiger partial charge in [0.1, 0.15) is 6.04 Å². The van der Waals surface area contributed by atoms with Crippen LogP contribution in [0.1, 0.15) is 32.8 Å². The van der Waals surface area contributed by atoms with Gasteiger partial charge in [0.15, 0.2) is 5.60 Å². The lowest BCUT2D eigenvalue weighted by Gasteiger charge is -2.34.